The molecule has 0 aliphatic heterocycles. The van der Waals surface area contributed by atoms with Gasteiger partial charge in [-0.05, 0) is 31.2 Å². The van der Waals surface area contributed by atoms with Gasteiger partial charge in [0.05, 0.1) is 5.02 Å². The van der Waals surface area contributed by atoms with Crippen molar-refractivity contribution >= 4 is 45.0 Å². The fraction of sp³-hybridized carbons (Fsp3) is 0.538. The van der Waals surface area contributed by atoms with Crippen molar-refractivity contribution < 1.29 is 8.42 Å². The summed E-state index contributed by atoms with van der Waals surface area (Å²) in [5.41, 5.74) is 6.02. The number of sulfonamides is 1. The minimum Gasteiger partial charge on any atom is -0.326 e. The van der Waals surface area contributed by atoms with Gasteiger partial charge < -0.3 is 5.73 Å². The second-order valence-electron chi connectivity index (χ2n) is 5.11. The average molecular weight is 369 g/mol. The van der Waals surface area contributed by atoms with Crippen LogP contribution in [-0.2, 0) is 16.6 Å². The lowest BCUT2D eigenvalue weighted by atomic mass is 9.84. The maximum absolute atomic E-state index is 12.4. The Morgan fingerprint density at radius 2 is 2.05 bits per heavy atom. The van der Waals surface area contributed by atoms with Crippen LogP contribution in [0.3, 0.4) is 0 Å². The van der Waals surface area contributed by atoms with E-state index in [0.717, 1.165) is 19.3 Å². The molecule has 0 amide bonds. The van der Waals surface area contributed by atoms with Gasteiger partial charge in [-0.15, -0.1) is 0 Å². The number of halogens is 2. The molecule has 21 heavy (non-hydrogen) atoms. The molecule has 0 spiro atoms. The molecule has 1 aliphatic rings. The Bertz CT molecular complexity index is 626. The summed E-state index contributed by atoms with van der Waals surface area (Å²) < 4.78 is 27.6. The molecule has 1 aromatic carbocycles. The van der Waals surface area contributed by atoms with Crippen molar-refractivity contribution in [1.82, 2.24) is 4.72 Å². The molecule has 0 bridgehead atoms. The molecule has 118 valence electrons. The van der Waals surface area contributed by atoms with E-state index in [1.54, 1.807) is 11.8 Å². The SMILES string of the molecule is CSC1(CNS(=O)(=O)c2ccc(Cl)c(CN)c2Cl)CCC1. The highest BCUT2D eigenvalue weighted by atomic mass is 35.5. The van der Waals surface area contributed by atoms with Gasteiger partial charge in [0.2, 0.25) is 10.0 Å². The lowest BCUT2D eigenvalue weighted by Gasteiger charge is -2.40. The molecular weight excluding hydrogens is 351 g/mol. The molecule has 1 aromatic rings. The quantitative estimate of drug-likeness (QED) is 0.809. The van der Waals surface area contributed by atoms with Crippen LogP contribution in [0.15, 0.2) is 17.0 Å². The van der Waals surface area contributed by atoms with Crippen LogP contribution in [0.1, 0.15) is 24.8 Å². The fourth-order valence-corrected chi connectivity index (χ4v) is 5.36. The molecule has 0 atom stereocenters. The molecule has 0 radical (unpaired) electrons. The summed E-state index contributed by atoms with van der Waals surface area (Å²) in [6.45, 7) is 0.503. The number of benzene rings is 1. The predicted molar refractivity (Wildman–Crippen MR) is 89.6 cm³/mol. The Kier molecular flexibility index (Phi) is 5.50. The Hall–Kier alpha value is 0.0200. The molecule has 4 nitrogen and oxygen atoms in total. The Balaban J connectivity index is 2.24. The van der Waals surface area contributed by atoms with E-state index in [4.69, 9.17) is 28.9 Å². The zero-order valence-corrected chi connectivity index (χ0v) is 14.8. The highest BCUT2D eigenvalue weighted by molar-refractivity contribution is 8.00. The first-order chi connectivity index (χ1) is 9.85. The van der Waals surface area contributed by atoms with Gasteiger partial charge in [0.25, 0.3) is 0 Å². The van der Waals surface area contributed by atoms with Crippen LogP contribution < -0.4 is 10.5 Å². The van der Waals surface area contributed by atoms with Crippen molar-refractivity contribution in [2.75, 3.05) is 12.8 Å². The van der Waals surface area contributed by atoms with E-state index >= 15 is 0 Å². The van der Waals surface area contributed by atoms with Crippen molar-refractivity contribution in [3.8, 4) is 0 Å². The van der Waals surface area contributed by atoms with Gasteiger partial charge in [0.1, 0.15) is 4.90 Å². The standard InChI is InChI=1S/C13H18Cl2N2O2S2/c1-20-13(5-2-6-13)8-17-21(18,19)11-4-3-10(14)9(7-16)12(11)15/h3-4,17H,2,5-8,16H2,1H3. The molecule has 0 unspecified atom stereocenters. The lowest BCUT2D eigenvalue weighted by Crippen LogP contribution is -2.45. The van der Waals surface area contributed by atoms with Gasteiger partial charge in [-0.2, -0.15) is 11.8 Å². The summed E-state index contributed by atoms with van der Waals surface area (Å²) >= 11 is 13.8. The van der Waals surface area contributed by atoms with E-state index in [0.29, 0.717) is 17.1 Å². The molecule has 2 rings (SSSR count). The van der Waals surface area contributed by atoms with Crippen LogP contribution in [0.25, 0.3) is 0 Å². The zero-order valence-electron chi connectivity index (χ0n) is 11.7. The van der Waals surface area contributed by atoms with Crippen LogP contribution in [0.2, 0.25) is 10.0 Å². The second kappa shape index (κ2) is 6.64. The first-order valence-electron chi connectivity index (χ1n) is 6.57. The zero-order chi connectivity index (χ0) is 15.7. The van der Waals surface area contributed by atoms with Crippen LogP contribution in [0.4, 0.5) is 0 Å². The summed E-state index contributed by atoms with van der Waals surface area (Å²) in [6.07, 6.45) is 5.20. The van der Waals surface area contributed by atoms with E-state index in [9.17, 15) is 8.42 Å². The van der Waals surface area contributed by atoms with E-state index in [1.807, 2.05) is 6.26 Å². The van der Waals surface area contributed by atoms with Crippen LogP contribution in [0.5, 0.6) is 0 Å². The minimum absolute atomic E-state index is 0.0165. The van der Waals surface area contributed by atoms with Crippen LogP contribution in [-0.4, -0.2) is 26.0 Å². The first kappa shape index (κ1) is 17.4. The van der Waals surface area contributed by atoms with Gasteiger partial charge in [-0.3, -0.25) is 0 Å². The topological polar surface area (TPSA) is 72.2 Å². The molecule has 8 heteroatoms. The summed E-state index contributed by atoms with van der Waals surface area (Å²) in [5, 5.41) is 0.477. The Labute approximate surface area is 139 Å². The fourth-order valence-electron chi connectivity index (χ4n) is 2.30. The Morgan fingerprint density at radius 3 is 2.52 bits per heavy atom. The number of thioether (sulfide) groups is 1. The molecule has 1 aliphatic carbocycles. The number of rotatable bonds is 6. The molecular formula is C13H18Cl2N2O2S2. The van der Waals surface area contributed by atoms with E-state index < -0.39 is 10.0 Å². The second-order valence-corrected chi connectivity index (χ2v) is 8.90. The third-order valence-electron chi connectivity index (χ3n) is 3.93. The molecule has 3 N–H and O–H groups in total. The Morgan fingerprint density at radius 1 is 1.38 bits per heavy atom. The third-order valence-corrected chi connectivity index (χ3v) is 7.69. The van der Waals surface area contributed by atoms with Crippen molar-refractivity contribution in [2.45, 2.75) is 35.4 Å². The lowest BCUT2D eigenvalue weighted by molar-refractivity contribution is 0.362. The van der Waals surface area contributed by atoms with Crippen molar-refractivity contribution in [2.24, 2.45) is 5.73 Å². The number of nitrogens with one attached hydrogen (secondary N) is 1. The third kappa shape index (κ3) is 3.51. The maximum Gasteiger partial charge on any atom is 0.242 e. The maximum atomic E-state index is 12.4. The monoisotopic (exact) mass is 368 g/mol. The van der Waals surface area contributed by atoms with Gasteiger partial charge >= 0.3 is 0 Å². The smallest absolute Gasteiger partial charge is 0.242 e. The predicted octanol–water partition coefficient (Wildman–Crippen LogP) is 3.02. The van der Waals surface area contributed by atoms with E-state index in [2.05, 4.69) is 4.72 Å². The van der Waals surface area contributed by atoms with Crippen molar-refractivity contribution in [3.05, 3.63) is 27.7 Å². The summed E-state index contributed by atoms with van der Waals surface area (Å²) in [6, 6.07) is 2.93. The van der Waals surface area contributed by atoms with E-state index in [-0.39, 0.29) is 21.2 Å². The largest absolute Gasteiger partial charge is 0.326 e. The molecule has 0 aromatic heterocycles. The van der Waals surface area contributed by atoms with Crippen LogP contribution in [0, 0.1) is 0 Å². The van der Waals surface area contributed by atoms with Gasteiger partial charge in [-0.1, -0.05) is 29.6 Å². The number of hydrogen-bond donors (Lipinski definition) is 2. The molecule has 1 saturated carbocycles. The number of hydrogen-bond acceptors (Lipinski definition) is 4. The summed E-state index contributed by atoms with van der Waals surface area (Å²) in [4.78, 5) is 0.0320. The van der Waals surface area contributed by atoms with Crippen LogP contribution >= 0.6 is 35.0 Å². The number of nitrogens with two attached hydrogens (primary N) is 1. The highest BCUT2D eigenvalue weighted by Gasteiger charge is 2.37. The van der Waals surface area contributed by atoms with Gasteiger partial charge in [0.15, 0.2) is 0 Å². The van der Waals surface area contributed by atoms with Crippen molar-refractivity contribution in [1.29, 1.82) is 0 Å². The minimum atomic E-state index is -3.67. The summed E-state index contributed by atoms with van der Waals surface area (Å²) in [5.74, 6) is 0. The summed E-state index contributed by atoms with van der Waals surface area (Å²) in [7, 11) is -3.67. The average Bonchev–Trinajstić information content (AvgIpc) is 2.38. The first-order valence-corrected chi connectivity index (χ1v) is 10.0. The van der Waals surface area contributed by atoms with Gasteiger partial charge in [-0.25, -0.2) is 13.1 Å². The molecule has 1 fully saturated rings. The molecule has 0 saturated heterocycles. The van der Waals surface area contributed by atoms with E-state index in [1.165, 1.54) is 12.1 Å². The highest BCUT2D eigenvalue weighted by Crippen LogP contribution is 2.42. The normalized spacial score (nSPS) is 17.5. The van der Waals surface area contributed by atoms with Crippen molar-refractivity contribution in [3.63, 3.8) is 0 Å². The molecule has 0 heterocycles. The van der Waals surface area contributed by atoms with Gasteiger partial charge in [0, 0.05) is 28.4 Å².